The van der Waals surface area contributed by atoms with Gasteiger partial charge in [-0.25, -0.2) is 0 Å². The summed E-state index contributed by atoms with van der Waals surface area (Å²) < 4.78 is 4.82. The summed E-state index contributed by atoms with van der Waals surface area (Å²) >= 11 is 0. The number of aliphatic hydroxyl groups is 1. The average Bonchev–Trinajstić information content (AvgIpc) is 1.98. The second-order valence-electron chi connectivity index (χ2n) is 2.70. The highest BCUT2D eigenvalue weighted by molar-refractivity contribution is 5.72. The third-order valence-electron chi connectivity index (χ3n) is 1.54. The van der Waals surface area contributed by atoms with Gasteiger partial charge in [0.25, 0.3) is 0 Å². The Morgan fingerprint density at radius 3 is 2.45 bits per heavy atom. The predicted molar refractivity (Wildman–Crippen MR) is 42.1 cm³/mol. The molecule has 0 radical (unpaired) electrons. The van der Waals surface area contributed by atoms with Crippen molar-refractivity contribution in [1.29, 1.82) is 0 Å². The number of aliphatic hydroxyl groups excluding tert-OH is 1. The summed E-state index contributed by atoms with van der Waals surface area (Å²) in [6.45, 7) is 5.61. The minimum Gasteiger partial charge on any atom is -0.465 e. The quantitative estimate of drug-likeness (QED) is 0.623. The number of rotatable bonds is 4. The van der Waals surface area contributed by atoms with Crippen LogP contribution in [0.25, 0.3) is 0 Å². The van der Waals surface area contributed by atoms with E-state index >= 15 is 0 Å². The topological polar surface area (TPSA) is 46.5 Å². The van der Waals surface area contributed by atoms with Crippen molar-refractivity contribution in [2.75, 3.05) is 6.61 Å². The molecule has 3 nitrogen and oxygen atoms in total. The Balaban J connectivity index is 3.64. The van der Waals surface area contributed by atoms with Gasteiger partial charge in [0.15, 0.2) is 0 Å². The first-order valence-electron chi connectivity index (χ1n) is 3.94. The van der Waals surface area contributed by atoms with E-state index in [1.807, 2.05) is 6.92 Å². The Labute approximate surface area is 67.4 Å². The second kappa shape index (κ2) is 5.13. The molecule has 0 rings (SSSR count). The van der Waals surface area contributed by atoms with Gasteiger partial charge in [0.1, 0.15) is 0 Å². The number of esters is 1. The smallest absolute Gasteiger partial charge is 0.311 e. The van der Waals surface area contributed by atoms with Crippen molar-refractivity contribution in [2.45, 2.75) is 33.3 Å². The molecule has 3 heteroatoms. The highest BCUT2D eigenvalue weighted by Gasteiger charge is 2.18. The maximum atomic E-state index is 11.0. The van der Waals surface area contributed by atoms with Crippen LogP contribution >= 0.6 is 0 Å². The van der Waals surface area contributed by atoms with Crippen molar-refractivity contribution >= 4 is 5.97 Å². The molecule has 0 bridgehead atoms. The van der Waals surface area contributed by atoms with Gasteiger partial charge in [0, 0.05) is 0 Å². The number of carbonyl (C=O) groups excluding carboxylic acids is 1. The predicted octanol–water partition coefficient (Wildman–Crippen LogP) is 0.956. The number of hydrogen-bond donors (Lipinski definition) is 1. The third kappa shape index (κ3) is 3.98. The highest BCUT2D eigenvalue weighted by atomic mass is 16.5. The maximum Gasteiger partial charge on any atom is 0.311 e. The molecule has 0 saturated carbocycles. The van der Waals surface area contributed by atoms with Crippen LogP contribution in [0.4, 0.5) is 0 Å². The Kier molecular flexibility index (Phi) is 4.86. The number of hydrogen-bond acceptors (Lipinski definition) is 3. The molecular weight excluding hydrogens is 144 g/mol. The molecule has 0 aliphatic carbocycles. The minimum atomic E-state index is -0.626. The van der Waals surface area contributed by atoms with Gasteiger partial charge < -0.3 is 9.84 Å². The van der Waals surface area contributed by atoms with Crippen LogP contribution in [-0.2, 0) is 9.53 Å². The normalized spacial score (nSPS) is 15.6. The zero-order chi connectivity index (χ0) is 8.85. The van der Waals surface area contributed by atoms with Crippen LogP contribution in [0.3, 0.4) is 0 Å². The molecule has 0 spiro atoms. The monoisotopic (exact) mass is 160 g/mol. The summed E-state index contributed by atoms with van der Waals surface area (Å²) in [4.78, 5) is 11.0. The number of ether oxygens (including phenoxy) is 1. The van der Waals surface area contributed by atoms with E-state index in [0.29, 0.717) is 6.61 Å². The molecule has 0 unspecified atom stereocenters. The first-order chi connectivity index (χ1) is 5.09. The minimum absolute atomic E-state index is 0.318. The van der Waals surface area contributed by atoms with Gasteiger partial charge in [-0.2, -0.15) is 0 Å². The van der Waals surface area contributed by atoms with E-state index in [9.17, 15) is 4.79 Å². The summed E-state index contributed by atoms with van der Waals surface area (Å²) in [5.74, 6) is -0.733. The fraction of sp³-hybridized carbons (Fsp3) is 0.875. The van der Waals surface area contributed by atoms with Crippen molar-refractivity contribution in [3.05, 3.63) is 0 Å². The van der Waals surface area contributed by atoms with Gasteiger partial charge in [-0.3, -0.25) is 4.79 Å². The van der Waals surface area contributed by atoms with Gasteiger partial charge in [-0.05, 0) is 20.3 Å². The first-order valence-corrected chi connectivity index (χ1v) is 3.94. The molecule has 0 fully saturated rings. The van der Waals surface area contributed by atoms with Crippen molar-refractivity contribution in [3.8, 4) is 0 Å². The molecule has 0 aliphatic rings. The molecule has 0 aliphatic heterocycles. The molecule has 11 heavy (non-hydrogen) atoms. The first kappa shape index (κ1) is 10.4. The van der Waals surface area contributed by atoms with Crippen LogP contribution in [0.2, 0.25) is 0 Å². The van der Waals surface area contributed by atoms with Crippen molar-refractivity contribution < 1.29 is 14.6 Å². The van der Waals surface area contributed by atoms with E-state index in [-0.39, 0.29) is 5.97 Å². The molecular formula is C8H16O3. The molecule has 0 heterocycles. The SMILES string of the molecule is CCCOC(=O)[C@H](C)[C@H](C)O. The Morgan fingerprint density at radius 2 is 2.09 bits per heavy atom. The Hall–Kier alpha value is -0.570. The van der Waals surface area contributed by atoms with Crippen LogP contribution in [0, 0.1) is 5.92 Å². The van der Waals surface area contributed by atoms with Crippen molar-refractivity contribution in [1.82, 2.24) is 0 Å². The lowest BCUT2D eigenvalue weighted by Crippen LogP contribution is -2.25. The molecule has 0 saturated heterocycles. The molecule has 0 aromatic heterocycles. The van der Waals surface area contributed by atoms with Crippen LogP contribution in [0.15, 0.2) is 0 Å². The molecule has 0 amide bonds. The van der Waals surface area contributed by atoms with Gasteiger partial charge >= 0.3 is 5.97 Å². The summed E-state index contributed by atoms with van der Waals surface area (Å²) in [7, 11) is 0. The van der Waals surface area contributed by atoms with Crippen molar-refractivity contribution in [2.24, 2.45) is 5.92 Å². The Morgan fingerprint density at radius 1 is 1.55 bits per heavy atom. The van der Waals surface area contributed by atoms with Crippen molar-refractivity contribution in [3.63, 3.8) is 0 Å². The average molecular weight is 160 g/mol. The van der Waals surface area contributed by atoms with Gasteiger partial charge in [-0.1, -0.05) is 6.92 Å². The summed E-state index contributed by atoms with van der Waals surface area (Å²) in [6, 6.07) is 0. The van der Waals surface area contributed by atoms with Gasteiger partial charge in [-0.15, -0.1) is 0 Å². The highest BCUT2D eigenvalue weighted by Crippen LogP contribution is 2.04. The molecule has 1 N–H and O–H groups in total. The third-order valence-corrected chi connectivity index (χ3v) is 1.54. The number of carbonyl (C=O) groups is 1. The van der Waals surface area contributed by atoms with E-state index in [0.717, 1.165) is 6.42 Å². The van der Waals surface area contributed by atoms with Crippen LogP contribution in [0.5, 0.6) is 0 Å². The zero-order valence-electron chi connectivity index (χ0n) is 7.33. The fourth-order valence-corrected chi connectivity index (χ4v) is 0.531. The van der Waals surface area contributed by atoms with E-state index in [4.69, 9.17) is 9.84 Å². The lowest BCUT2D eigenvalue weighted by atomic mass is 10.1. The van der Waals surface area contributed by atoms with E-state index in [2.05, 4.69) is 0 Å². The standard InChI is InChI=1S/C8H16O3/c1-4-5-11-8(10)6(2)7(3)9/h6-7,9H,4-5H2,1-3H3/t6-,7+/m1/s1. The molecule has 66 valence electrons. The fourth-order valence-electron chi connectivity index (χ4n) is 0.531. The van der Waals surface area contributed by atoms with Crippen LogP contribution < -0.4 is 0 Å². The maximum absolute atomic E-state index is 11.0. The van der Waals surface area contributed by atoms with E-state index in [1.54, 1.807) is 13.8 Å². The van der Waals surface area contributed by atoms with Crippen LogP contribution in [-0.4, -0.2) is 23.8 Å². The lowest BCUT2D eigenvalue weighted by Gasteiger charge is -2.12. The van der Waals surface area contributed by atoms with Gasteiger partial charge in [0.2, 0.25) is 0 Å². The molecule has 0 aromatic rings. The zero-order valence-corrected chi connectivity index (χ0v) is 7.33. The van der Waals surface area contributed by atoms with E-state index < -0.39 is 12.0 Å². The van der Waals surface area contributed by atoms with Crippen LogP contribution in [0.1, 0.15) is 27.2 Å². The largest absolute Gasteiger partial charge is 0.465 e. The summed E-state index contributed by atoms with van der Waals surface area (Å²) in [5.41, 5.74) is 0. The second-order valence-corrected chi connectivity index (χ2v) is 2.70. The summed E-state index contributed by atoms with van der Waals surface area (Å²) in [6.07, 6.45) is 0.192. The summed E-state index contributed by atoms with van der Waals surface area (Å²) in [5, 5.41) is 8.99. The molecule has 2 atom stereocenters. The lowest BCUT2D eigenvalue weighted by molar-refractivity contribution is -0.151. The molecule has 0 aromatic carbocycles. The van der Waals surface area contributed by atoms with Gasteiger partial charge in [0.05, 0.1) is 18.6 Å². The van der Waals surface area contributed by atoms with E-state index in [1.165, 1.54) is 0 Å². The Bertz CT molecular complexity index is 121.